The molecule has 26 heavy (non-hydrogen) atoms. The van der Waals surface area contributed by atoms with E-state index >= 15 is 0 Å². The van der Waals surface area contributed by atoms with Crippen LogP contribution in [0.25, 0.3) is 0 Å². The van der Waals surface area contributed by atoms with Gasteiger partial charge in [0.1, 0.15) is 5.75 Å². The number of ether oxygens (including phenoxy) is 4. The predicted octanol–water partition coefficient (Wildman–Crippen LogP) is 4.28. The van der Waals surface area contributed by atoms with E-state index in [0.717, 1.165) is 30.6 Å². The Labute approximate surface area is 155 Å². The van der Waals surface area contributed by atoms with Crippen molar-refractivity contribution in [2.45, 2.75) is 31.3 Å². The Morgan fingerprint density at radius 1 is 0.769 bits per heavy atom. The van der Waals surface area contributed by atoms with E-state index in [0.29, 0.717) is 23.3 Å². The molecule has 2 aromatic rings. The van der Waals surface area contributed by atoms with Crippen molar-refractivity contribution in [3.63, 3.8) is 0 Å². The highest BCUT2D eigenvalue weighted by molar-refractivity contribution is 5.54. The van der Waals surface area contributed by atoms with E-state index in [-0.39, 0.29) is 6.04 Å². The SMILES string of the molecule is COc1cccc([C@@H]2CCC[C@H](c3cc(OC)c(OC)c(OC)c3)N2)c1. The molecule has 2 atom stereocenters. The Kier molecular flexibility index (Phi) is 5.89. The molecule has 1 aliphatic heterocycles. The van der Waals surface area contributed by atoms with Crippen molar-refractivity contribution in [2.75, 3.05) is 28.4 Å². The second kappa shape index (κ2) is 8.32. The van der Waals surface area contributed by atoms with Crippen LogP contribution >= 0.6 is 0 Å². The van der Waals surface area contributed by atoms with Gasteiger partial charge in [-0.3, -0.25) is 0 Å². The van der Waals surface area contributed by atoms with Crippen molar-refractivity contribution in [1.82, 2.24) is 5.32 Å². The number of hydrogen-bond acceptors (Lipinski definition) is 5. The molecular weight excluding hydrogens is 330 g/mol. The molecule has 1 N–H and O–H groups in total. The zero-order valence-corrected chi connectivity index (χ0v) is 15.9. The average Bonchev–Trinajstić information content (AvgIpc) is 2.72. The quantitative estimate of drug-likeness (QED) is 0.836. The van der Waals surface area contributed by atoms with Gasteiger partial charge < -0.3 is 24.3 Å². The number of piperidine rings is 1. The molecule has 1 saturated heterocycles. The third-order valence-corrected chi connectivity index (χ3v) is 4.97. The lowest BCUT2D eigenvalue weighted by molar-refractivity contribution is 0.313. The van der Waals surface area contributed by atoms with Gasteiger partial charge in [-0.15, -0.1) is 0 Å². The highest BCUT2D eigenvalue weighted by Gasteiger charge is 2.26. The summed E-state index contributed by atoms with van der Waals surface area (Å²) in [6.45, 7) is 0. The summed E-state index contributed by atoms with van der Waals surface area (Å²) in [6, 6.07) is 12.9. The zero-order valence-electron chi connectivity index (χ0n) is 15.9. The molecular formula is C21H27NO4. The van der Waals surface area contributed by atoms with E-state index in [1.54, 1.807) is 28.4 Å². The molecule has 0 radical (unpaired) electrons. The average molecular weight is 357 g/mol. The van der Waals surface area contributed by atoms with Gasteiger partial charge in [-0.1, -0.05) is 12.1 Å². The van der Waals surface area contributed by atoms with Gasteiger partial charge in [0.15, 0.2) is 11.5 Å². The third kappa shape index (κ3) is 3.73. The molecule has 3 rings (SSSR count). The van der Waals surface area contributed by atoms with Crippen LogP contribution in [-0.4, -0.2) is 28.4 Å². The van der Waals surface area contributed by atoms with Crippen molar-refractivity contribution < 1.29 is 18.9 Å². The highest BCUT2D eigenvalue weighted by atomic mass is 16.5. The maximum absolute atomic E-state index is 5.50. The molecule has 140 valence electrons. The van der Waals surface area contributed by atoms with E-state index in [1.165, 1.54) is 5.56 Å². The molecule has 0 bridgehead atoms. The van der Waals surface area contributed by atoms with Gasteiger partial charge in [0.05, 0.1) is 28.4 Å². The van der Waals surface area contributed by atoms with Crippen LogP contribution < -0.4 is 24.3 Å². The fourth-order valence-electron chi connectivity index (χ4n) is 3.62. The Morgan fingerprint density at radius 2 is 1.42 bits per heavy atom. The standard InChI is InChI=1S/C21H27NO4/c1-23-16-8-5-7-14(11-16)17-9-6-10-18(22-17)15-12-19(24-2)21(26-4)20(13-15)25-3/h5,7-8,11-13,17-18,22H,6,9-10H2,1-4H3/t17-,18+/m0/s1. The molecule has 1 aliphatic rings. The molecule has 1 heterocycles. The van der Waals surface area contributed by atoms with Gasteiger partial charge in [-0.05, 0) is 54.7 Å². The Morgan fingerprint density at radius 3 is 2.00 bits per heavy atom. The molecule has 0 unspecified atom stereocenters. The van der Waals surface area contributed by atoms with Gasteiger partial charge in [0, 0.05) is 12.1 Å². The summed E-state index contributed by atoms with van der Waals surface area (Å²) in [6.07, 6.45) is 3.32. The molecule has 0 aliphatic carbocycles. The van der Waals surface area contributed by atoms with Gasteiger partial charge >= 0.3 is 0 Å². The maximum Gasteiger partial charge on any atom is 0.203 e. The molecule has 1 fully saturated rings. The van der Waals surface area contributed by atoms with E-state index in [9.17, 15) is 0 Å². The zero-order chi connectivity index (χ0) is 18.5. The minimum absolute atomic E-state index is 0.230. The van der Waals surface area contributed by atoms with E-state index in [2.05, 4.69) is 17.4 Å². The lowest BCUT2D eigenvalue weighted by atomic mass is 9.90. The second-order valence-electron chi connectivity index (χ2n) is 6.44. The van der Waals surface area contributed by atoms with Crippen LogP contribution in [0.3, 0.4) is 0 Å². The van der Waals surface area contributed by atoms with Crippen molar-refractivity contribution in [1.29, 1.82) is 0 Å². The van der Waals surface area contributed by atoms with Gasteiger partial charge in [-0.2, -0.15) is 0 Å². The van der Waals surface area contributed by atoms with Crippen LogP contribution in [-0.2, 0) is 0 Å². The first-order valence-corrected chi connectivity index (χ1v) is 8.90. The van der Waals surface area contributed by atoms with Gasteiger partial charge in [0.25, 0.3) is 0 Å². The first-order chi connectivity index (χ1) is 12.7. The van der Waals surface area contributed by atoms with Crippen molar-refractivity contribution in [3.8, 4) is 23.0 Å². The van der Waals surface area contributed by atoms with E-state index < -0.39 is 0 Å². The van der Waals surface area contributed by atoms with Gasteiger partial charge in [0.2, 0.25) is 5.75 Å². The molecule has 0 aromatic heterocycles. The number of nitrogens with one attached hydrogen (secondary N) is 1. The van der Waals surface area contributed by atoms with Crippen LogP contribution in [0.4, 0.5) is 0 Å². The van der Waals surface area contributed by atoms with Crippen LogP contribution in [0.1, 0.15) is 42.5 Å². The summed E-state index contributed by atoms with van der Waals surface area (Å²) in [5, 5.41) is 3.77. The second-order valence-corrected chi connectivity index (χ2v) is 6.44. The lowest BCUT2D eigenvalue weighted by Crippen LogP contribution is -2.30. The normalized spacial score (nSPS) is 19.7. The smallest absolute Gasteiger partial charge is 0.203 e. The first-order valence-electron chi connectivity index (χ1n) is 8.90. The first kappa shape index (κ1) is 18.4. The molecule has 5 nitrogen and oxygen atoms in total. The number of rotatable bonds is 6. The summed E-state index contributed by atoms with van der Waals surface area (Å²) in [5.74, 6) is 2.89. The van der Waals surface area contributed by atoms with Crippen molar-refractivity contribution in [3.05, 3.63) is 47.5 Å². The minimum Gasteiger partial charge on any atom is -0.497 e. The highest BCUT2D eigenvalue weighted by Crippen LogP contribution is 2.42. The largest absolute Gasteiger partial charge is 0.497 e. The summed E-state index contributed by atoms with van der Waals surface area (Å²) in [5.41, 5.74) is 2.40. The fourth-order valence-corrected chi connectivity index (χ4v) is 3.62. The summed E-state index contributed by atoms with van der Waals surface area (Å²) >= 11 is 0. The number of methoxy groups -OCH3 is 4. The Balaban J connectivity index is 1.87. The van der Waals surface area contributed by atoms with Crippen molar-refractivity contribution in [2.24, 2.45) is 0 Å². The number of benzene rings is 2. The third-order valence-electron chi connectivity index (χ3n) is 4.97. The molecule has 0 saturated carbocycles. The maximum atomic E-state index is 5.50. The number of hydrogen-bond donors (Lipinski definition) is 1. The van der Waals surface area contributed by atoms with Gasteiger partial charge in [-0.25, -0.2) is 0 Å². The summed E-state index contributed by atoms with van der Waals surface area (Å²) in [4.78, 5) is 0. The summed E-state index contributed by atoms with van der Waals surface area (Å²) < 4.78 is 21.8. The minimum atomic E-state index is 0.230. The molecule has 0 amide bonds. The molecule has 2 aromatic carbocycles. The fraction of sp³-hybridized carbons (Fsp3) is 0.429. The Hall–Kier alpha value is -2.40. The van der Waals surface area contributed by atoms with Crippen LogP contribution in [0.15, 0.2) is 36.4 Å². The van der Waals surface area contributed by atoms with Crippen LogP contribution in [0.5, 0.6) is 23.0 Å². The van der Waals surface area contributed by atoms with Crippen LogP contribution in [0, 0.1) is 0 Å². The lowest BCUT2D eigenvalue weighted by Gasteiger charge is -2.32. The van der Waals surface area contributed by atoms with E-state index in [4.69, 9.17) is 18.9 Å². The van der Waals surface area contributed by atoms with Crippen LogP contribution in [0.2, 0.25) is 0 Å². The van der Waals surface area contributed by atoms with E-state index in [1.807, 2.05) is 24.3 Å². The molecule has 0 spiro atoms. The topological polar surface area (TPSA) is 49.0 Å². The monoisotopic (exact) mass is 357 g/mol. The predicted molar refractivity (Wildman–Crippen MR) is 102 cm³/mol. The molecule has 5 heteroatoms. The Bertz CT molecular complexity index is 722. The van der Waals surface area contributed by atoms with Crippen molar-refractivity contribution >= 4 is 0 Å². The summed E-state index contributed by atoms with van der Waals surface area (Å²) in [7, 11) is 6.62.